The van der Waals surface area contributed by atoms with E-state index < -0.39 is 13.4 Å². The van der Waals surface area contributed by atoms with E-state index in [0.29, 0.717) is 0 Å². The van der Waals surface area contributed by atoms with Gasteiger partial charge in [0.25, 0.3) is 0 Å². The van der Waals surface area contributed by atoms with Gasteiger partial charge >= 0.3 is 7.94 Å². The molecule has 0 spiro atoms. The Balaban J connectivity index is 2.83. The lowest BCUT2D eigenvalue weighted by Gasteiger charge is -2.38. The molecule has 0 aliphatic carbocycles. The summed E-state index contributed by atoms with van der Waals surface area (Å²) >= 11 is 0. The Morgan fingerprint density at radius 1 is 0.500 bits per heavy atom. The molecule has 230 valence electrons. The van der Waals surface area contributed by atoms with E-state index >= 15 is 0 Å². The van der Waals surface area contributed by atoms with Crippen LogP contribution in [0, 0.1) is 0 Å². The molecule has 0 atom stereocenters. The average Bonchev–Trinajstić information content (AvgIpc) is 2.95. The van der Waals surface area contributed by atoms with Gasteiger partial charge in [0.05, 0.1) is 0 Å². The van der Waals surface area contributed by atoms with Gasteiger partial charge in [-0.3, -0.25) is 0 Å². The van der Waals surface area contributed by atoms with Crippen LogP contribution in [-0.4, -0.2) is 14.7 Å². The van der Waals surface area contributed by atoms with E-state index in [-0.39, 0.29) is 21.5 Å². The fraction of sp³-hybridized carbons (Fsp3) is 0.526. The van der Waals surface area contributed by atoms with Gasteiger partial charge in [0.2, 0.25) is 0 Å². The predicted molar refractivity (Wildman–Crippen MR) is 184 cm³/mol. The summed E-state index contributed by atoms with van der Waals surface area (Å²) in [6.45, 7) is 26.9. The van der Waals surface area contributed by atoms with Crippen molar-refractivity contribution in [1.29, 1.82) is 0 Å². The number of rotatable bonds is 11. The SMILES string of the molecule is CCC(C)(C)c1ccccc1-c1cc([P+](O)(O)O)c(C(C)(C)CC)c(-c2ccccc2C(C)(C)CC)c1C(C)(C)CC. The van der Waals surface area contributed by atoms with E-state index in [9.17, 15) is 14.7 Å². The molecule has 0 unspecified atom stereocenters. The van der Waals surface area contributed by atoms with Crippen LogP contribution in [-0.2, 0) is 21.7 Å². The lowest BCUT2D eigenvalue weighted by Crippen LogP contribution is -2.32. The number of hydrogen-bond donors (Lipinski definition) is 3. The maximum atomic E-state index is 11.2. The monoisotopic (exact) mass is 591 g/mol. The first-order valence-electron chi connectivity index (χ1n) is 15.8. The molecule has 3 aromatic carbocycles. The smallest absolute Gasteiger partial charge is 0.189 e. The Kier molecular flexibility index (Phi) is 9.98. The first kappa shape index (κ1) is 34.5. The van der Waals surface area contributed by atoms with Gasteiger partial charge in [0.15, 0.2) is 5.30 Å². The molecule has 0 radical (unpaired) electrons. The molecule has 0 heterocycles. The highest BCUT2D eigenvalue weighted by molar-refractivity contribution is 7.66. The summed E-state index contributed by atoms with van der Waals surface area (Å²) in [4.78, 5) is 33.6. The molecule has 0 aliphatic rings. The molecular weight excluding hydrogens is 535 g/mol. The van der Waals surface area contributed by atoms with Crippen LogP contribution < -0.4 is 5.30 Å². The van der Waals surface area contributed by atoms with Crippen LogP contribution in [0.4, 0.5) is 0 Å². The summed E-state index contributed by atoms with van der Waals surface area (Å²) < 4.78 is 0. The van der Waals surface area contributed by atoms with Crippen LogP contribution >= 0.6 is 7.94 Å². The van der Waals surface area contributed by atoms with Crippen molar-refractivity contribution in [2.45, 2.75) is 130 Å². The molecule has 0 aliphatic heterocycles. The minimum absolute atomic E-state index is 0.0993. The summed E-state index contributed by atoms with van der Waals surface area (Å²) in [5.74, 6) is 0. The summed E-state index contributed by atoms with van der Waals surface area (Å²) in [5, 5.41) is 0.267. The van der Waals surface area contributed by atoms with E-state index in [2.05, 4.69) is 132 Å². The summed E-state index contributed by atoms with van der Waals surface area (Å²) in [6, 6.07) is 19.1. The van der Waals surface area contributed by atoms with Gasteiger partial charge in [0.1, 0.15) is 0 Å². The van der Waals surface area contributed by atoms with Crippen molar-refractivity contribution >= 4 is 13.2 Å². The molecule has 0 saturated heterocycles. The van der Waals surface area contributed by atoms with Gasteiger partial charge in [-0.1, -0.05) is 132 Å². The third kappa shape index (κ3) is 6.41. The fourth-order valence-corrected chi connectivity index (χ4v) is 7.13. The lowest BCUT2D eigenvalue weighted by atomic mass is 9.66. The number of hydrogen-bond acceptors (Lipinski definition) is 3. The van der Waals surface area contributed by atoms with Gasteiger partial charge in [-0.25, -0.2) is 0 Å². The molecular formula is C38H56O3P+. The Morgan fingerprint density at radius 3 is 1.31 bits per heavy atom. The second-order valence-electron chi connectivity index (χ2n) is 14.7. The maximum absolute atomic E-state index is 11.2. The Labute approximate surface area is 257 Å². The molecule has 0 aromatic heterocycles. The summed E-state index contributed by atoms with van der Waals surface area (Å²) in [7, 11) is -4.42. The van der Waals surface area contributed by atoms with Crippen molar-refractivity contribution in [3.05, 3.63) is 76.9 Å². The van der Waals surface area contributed by atoms with E-state index in [1.54, 1.807) is 0 Å². The largest absolute Gasteiger partial charge is 0.441 e. The Hall–Kier alpha value is -2.03. The van der Waals surface area contributed by atoms with Crippen molar-refractivity contribution in [2.75, 3.05) is 0 Å². The first-order chi connectivity index (χ1) is 19.3. The first-order valence-corrected chi connectivity index (χ1v) is 17.4. The van der Waals surface area contributed by atoms with Crippen molar-refractivity contribution in [2.24, 2.45) is 0 Å². The van der Waals surface area contributed by atoms with Gasteiger partial charge in [0, 0.05) is 5.56 Å². The molecule has 3 aromatic rings. The zero-order valence-electron chi connectivity index (χ0n) is 28.3. The van der Waals surface area contributed by atoms with Crippen molar-refractivity contribution < 1.29 is 14.7 Å². The minimum atomic E-state index is -4.42. The highest BCUT2D eigenvalue weighted by Crippen LogP contribution is 2.55. The standard InChI is InChI=1S/C38H56O3P/c1-13-35(5,6)29-23-19-17-21-26(29)28-25-31(42(39,40)41)34(38(11,12)16-4)32(33(28)37(9,10)15-3)27-22-18-20-24-30(27)36(7,8)14-2/h17-25,39-41H,13-16H2,1-12H3/q+1. The van der Waals surface area contributed by atoms with E-state index in [1.165, 1.54) is 16.7 Å². The van der Waals surface area contributed by atoms with Crippen molar-refractivity contribution in [3.8, 4) is 22.3 Å². The Morgan fingerprint density at radius 2 is 0.881 bits per heavy atom. The molecule has 0 amide bonds. The molecule has 42 heavy (non-hydrogen) atoms. The topological polar surface area (TPSA) is 60.7 Å². The van der Waals surface area contributed by atoms with Crippen molar-refractivity contribution in [3.63, 3.8) is 0 Å². The van der Waals surface area contributed by atoms with Crippen LogP contribution in [0.1, 0.15) is 131 Å². The zero-order chi connectivity index (χ0) is 31.9. The highest BCUT2D eigenvalue weighted by Gasteiger charge is 2.46. The quantitative estimate of drug-likeness (QED) is 0.194. The van der Waals surface area contributed by atoms with Crippen molar-refractivity contribution in [1.82, 2.24) is 0 Å². The third-order valence-corrected chi connectivity index (χ3v) is 11.4. The highest BCUT2D eigenvalue weighted by atomic mass is 31.2. The van der Waals surface area contributed by atoms with Crippen LogP contribution in [0.3, 0.4) is 0 Å². The molecule has 4 heteroatoms. The van der Waals surface area contributed by atoms with Crippen LogP contribution in [0.15, 0.2) is 54.6 Å². The second-order valence-corrected chi connectivity index (χ2v) is 16.3. The zero-order valence-corrected chi connectivity index (χ0v) is 29.2. The van der Waals surface area contributed by atoms with Crippen LogP contribution in [0.25, 0.3) is 22.3 Å². The maximum Gasteiger partial charge on any atom is 0.441 e. The van der Waals surface area contributed by atoms with E-state index in [1.807, 2.05) is 6.07 Å². The summed E-state index contributed by atoms with van der Waals surface area (Å²) in [5.41, 5.74) is 7.83. The van der Waals surface area contributed by atoms with Gasteiger partial charge < -0.3 is 0 Å². The van der Waals surface area contributed by atoms with Gasteiger partial charge in [-0.2, -0.15) is 14.7 Å². The summed E-state index contributed by atoms with van der Waals surface area (Å²) in [6.07, 6.45) is 3.59. The second kappa shape index (κ2) is 12.2. The lowest BCUT2D eigenvalue weighted by molar-refractivity contribution is 0.345. The predicted octanol–water partition coefficient (Wildman–Crippen LogP) is 10.1. The van der Waals surface area contributed by atoms with Gasteiger partial charge in [-0.05, 0) is 92.4 Å². The molecule has 3 nitrogen and oxygen atoms in total. The van der Waals surface area contributed by atoms with Gasteiger partial charge in [-0.15, -0.1) is 0 Å². The Bertz CT molecular complexity index is 1410. The molecule has 0 bridgehead atoms. The van der Waals surface area contributed by atoms with Crippen LogP contribution in [0.2, 0.25) is 0 Å². The minimum Gasteiger partial charge on any atom is -0.189 e. The molecule has 0 fully saturated rings. The van der Waals surface area contributed by atoms with Crippen LogP contribution in [0.5, 0.6) is 0 Å². The van der Waals surface area contributed by atoms with E-state index in [0.717, 1.165) is 53.5 Å². The third-order valence-electron chi connectivity index (χ3n) is 10.4. The number of benzene rings is 3. The molecule has 3 N–H and O–H groups in total. The molecule has 3 rings (SSSR count). The normalized spacial score (nSPS) is 13.5. The van der Waals surface area contributed by atoms with E-state index in [4.69, 9.17) is 0 Å². The molecule has 0 saturated carbocycles. The fourth-order valence-electron chi connectivity index (χ4n) is 6.11. The average molecular weight is 592 g/mol.